The molecule has 0 N–H and O–H groups in total. The lowest BCUT2D eigenvalue weighted by Gasteiger charge is -2.39. The monoisotopic (exact) mass is 650 g/mol. The Morgan fingerprint density at radius 1 is 0.891 bits per heavy atom. The van der Waals surface area contributed by atoms with Gasteiger partial charge in [-0.2, -0.15) is 5.26 Å². The van der Waals surface area contributed by atoms with Crippen molar-refractivity contribution in [3.63, 3.8) is 0 Å². The summed E-state index contributed by atoms with van der Waals surface area (Å²) in [5.41, 5.74) is 1.51. The van der Waals surface area contributed by atoms with Crippen molar-refractivity contribution in [3.05, 3.63) is 95.6 Å². The molecule has 0 aliphatic carbocycles. The van der Waals surface area contributed by atoms with Gasteiger partial charge in [0.2, 0.25) is 0 Å². The summed E-state index contributed by atoms with van der Waals surface area (Å²) in [5.74, 6) is 1.43. The van der Waals surface area contributed by atoms with Gasteiger partial charge in [-0.05, 0) is 68.7 Å². The molecule has 0 aromatic heterocycles. The largest absolute Gasteiger partial charge is 0.497 e. The summed E-state index contributed by atoms with van der Waals surface area (Å²) in [6.07, 6.45) is -2.90. The molecule has 0 radical (unpaired) electrons. The SMILES string of the molecule is B[C@@H]1O[C@H](COC(c2ccccc2)(c2ccc(OC)cc2)c2ccc(OC)cc2)[C@@H](OP(OCCC#N)N(C(C)C)C(C)C)[C@@H]1F. The summed E-state index contributed by atoms with van der Waals surface area (Å²) in [7, 11) is 3.27. The fraction of sp³-hybridized carbons (Fsp3) is 0.457. The zero-order valence-corrected chi connectivity index (χ0v) is 28.7. The van der Waals surface area contributed by atoms with E-state index in [1.807, 2.05) is 107 Å². The third-order valence-electron chi connectivity index (χ3n) is 8.03. The number of hydrogen-bond acceptors (Lipinski definition) is 8. The molecule has 1 aliphatic rings. The first-order valence-electron chi connectivity index (χ1n) is 15.7. The van der Waals surface area contributed by atoms with Crippen LogP contribution >= 0.6 is 8.53 Å². The zero-order valence-electron chi connectivity index (χ0n) is 27.8. The van der Waals surface area contributed by atoms with Crippen molar-refractivity contribution in [2.45, 2.75) is 76.2 Å². The van der Waals surface area contributed by atoms with E-state index in [2.05, 4.69) is 10.7 Å². The molecule has 0 amide bonds. The lowest BCUT2D eigenvalue weighted by molar-refractivity contribution is -0.0718. The summed E-state index contributed by atoms with van der Waals surface area (Å²) in [5, 5.41) is 9.14. The summed E-state index contributed by atoms with van der Waals surface area (Å²) in [6, 6.07) is 27.0. The quantitative estimate of drug-likeness (QED) is 0.0766. The van der Waals surface area contributed by atoms with Crippen LogP contribution in [0.3, 0.4) is 0 Å². The Hall–Kier alpha value is -3.03. The summed E-state index contributed by atoms with van der Waals surface area (Å²) in [4.78, 5) is 0. The van der Waals surface area contributed by atoms with Crippen LogP contribution in [0.5, 0.6) is 11.5 Å². The molecule has 0 bridgehead atoms. The second-order valence-electron chi connectivity index (χ2n) is 11.8. The molecule has 0 saturated carbocycles. The van der Waals surface area contributed by atoms with Gasteiger partial charge in [0.15, 0.2) is 0 Å². The van der Waals surface area contributed by atoms with Crippen LogP contribution in [0.4, 0.5) is 4.39 Å². The van der Waals surface area contributed by atoms with E-state index in [1.165, 1.54) is 0 Å². The Labute approximate surface area is 275 Å². The third-order valence-corrected chi connectivity index (χ3v) is 10.2. The molecule has 1 saturated heterocycles. The lowest BCUT2D eigenvalue weighted by Crippen LogP contribution is -2.41. The van der Waals surface area contributed by atoms with Gasteiger partial charge in [0.1, 0.15) is 43.3 Å². The number of ether oxygens (including phenoxy) is 4. The van der Waals surface area contributed by atoms with Gasteiger partial charge in [0.25, 0.3) is 8.53 Å². The first-order valence-corrected chi connectivity index (χ1v) is 16.8. The fourth-order valence-electron chi connectivity index (χ4n) is 5.84. The van der Waals surface area contributed by atoms with Crippen LogP contribution in [-0.4, -0.2) is 76.4 Å². The summed E-state index contributed by atoms with van der Waals surface area (Å²) >= 11 is 0. The van der Waals surface area contributed by atoms with Crippen LogP contribution < -0.4 is 9.47 Å². The number of nitriles is 1. The standard InChI is InChI=1S/C35H45BFN2O6P/c1-24(2)39(25(3)4)46(43-22-10-21-38)45-33-31(44-34(36)32(33)37)23-42-35(26-11-8-7-9-12-26,27-13-17-29(40-5)18-14-27)28-15-19-30(41-6)20-16-28/h7-9,11-20,24-25,31-34H,10,22-23,36H2,1-6H3/t31-,32+,33-,34-,46?/m1/s1. The molecule has 246 valence electrons. The molecule has 1 unspecified atom stereocenters. The fourth-order valence-corrected chi connectivity index (χ4v) is 7.61. The van der Waals surface area contributed by atoms with Gasteiger partial charge in [-0.25, -0.2) is 9.06 Å². The molecule has 4 rings (SSSR count). The summed E-state index contributed by atoms with van der Waals surface area (Å²) in [6.45, 7) is 8.40. The van der Waals surface area contributed by atoms with Crippen LogP contribution in [0.2, 0.25) is 0 Å². The van der Waals surface area contributed by atoms with Crippen LogP contribution in [0.15, 0.2) is 78.9 Å². The van der Waals surface area contributed by atoms with Crippen molar-refractivity contribution >= 4 is 16.4 Å². The molecule has 0 spiro atoms. The second-order valence-corrected chi connectivity index (χ2v) is 13.2. The first kappa shape index (κ1) is 35.8. The van der Waals surface area contributed by atoms with E-state index in [0.29, 0.717) is 11.5 Å². The highest BCUT2D eigenvalue weighted by atomic mass is 31.2. The molecule has 46 heavy (non-hydrogen) atoms. The van der Waals surface area contributed by atoms with Gasteiger partial charge >= 0.3 is 0 Å². The van der Waals surface area contributed by atoms with Gasteiger partial charge in [0, 0.05) is 12.1 Å². The Morgan fingerprint density at radius 3 is 1.89 bits per heavy atom. The number of halogens is 1. The van der Waals surface area contributed by atoms with E-state index in [1.54, 1.807) is 22.1 Å². The number of hydrogen-bond donors (Lipinski definition) is 0. The van der Waals surface area contributed by atoms with Gasteiger partial charge in [-0.1, -0.05) is 54.6 Å². The number of benzene rings is 3. The van der Waals surface area contributed by atoms with Crippen molar-refractivity contribution < 1.29 is 32.4 Å². The van der Waals surface area contributed by atoms with Gasteiger partial charge in [-0.15, -0.1) is 0 Å². The highest BCUT2D eigenvalue weighted by molar-refractivity contribution is 7.44. The van der Waals surface area contributed by atoms with E-state index in [4.69, 9.17) is 33.3 Å². The van der Waals surface area contributed by atoms with Gasteiger partial charge in [0.05, 0.1) is 45.9 Å². The Balaban J connectivity index is 1.75. The van der Waals surface area contributed by atoms with Crippen molar-refractivity contribution in [3.8, 4) is 17.6 Å². The van der Waals surface area contributed by atoms with Crippen LogP contribution in [0, 0.1) is 11.3 Å². The van der Waals surface area contributed by atoms with Crippen LogP contribution in [0.25, 0.3) is 0 Å². The van der Waals surface area contributed by atoms with E-state index < -0.39 is 38.5 Å². The van der Waals surface area contributed by atoms with E-state index in [9.17, 15) is 0 Å². The lowest BCUT2D eigenvalue weighted by atomic mass is 9.80. The highest BCUT2D eigenvalue weighted by Gasteiger charge is 2.48. The normalized spacial score (nSPS) is 20.6. The Morgan fingerprint density at radius 2 is 1.41 bits per heavy atom. The maximum atomic E-state index is 16.0. The molecule has 5 atom stereocenters. The van der Waals surface area contributed by atoms with E-state index in [0.717, 1.165) is 16.7 Å². The van der Waals surface area contributed by atoms with E-state index >= 15 is 4.39 Å². The first-order chi connectivity index (χ1) is 22.2. The number of alkyl halides is 1. The molecule has 3 aromatic carbocycles. The topological polar surface area (TPSA) is 82.4 Å². The minimum Gasteiger partial charge on any atom is -0.497 e. The maximum Gasteiger partial charge on any atom is 0.259 e. The predicted octanol–water partition coefficient (Wildman–Crippen LogP) is 6.37. The molecule has 1 fully saturated rings. The third kappa shape index (κ3) is 8.09. The summed E-state index contributed by atoms with van der Waals surface area (Å²) < 4.78 is 54.8. The van der Waals surface area contributed by atoms with Crippen molar-refractivity contribution in [1.29, 1.82) is 5.26 Å². The minimum absolute atomic E-state index is 0.0209. The number of nitrogens with zero attached hydrogens (tertiary/aromatic N) is 2. The molecule has 1 aliphatic heterocycles. The van der Waals surface area contributed by atoms with Crippen LogP contribution in [-0.2, 0) is 24.1 Å². The second kappa shape index (κ2) is 16.7. The average molecular weight is 651 g/mol. The molecular weight excluding hydrogens is 605 g/mol. The van der Waals surface area contributed by atoms with Gasteiger partial charge in [-0.3, -0.25) is 0 Å². The zero-order chi connectivity index (χ0) is 33.3. The van der Waals surface area contributed by atoms with Crippen molar-refractivity contribution in [2.75, 3.05) is 27.4 Å². The number of rotatable bonds is 16. The molecule has 11 heteroatoms. The molecule has 3 aromatic rings. The molecule has 1 heterocycles. The maximum absolute atomic E-state index is 16.0. The highest BCUT2D eigenvalue weighted by Crippen LogP contribution is 2.50. The minimum atomic E-state index is -1.70. The van der Waals surface area contributed by atoms with Crippen LogP contribution in [0.1, 0.15) is 50.8 Å². The van der Waals surface area contributed by atoms with Crippen molar-refractivity contribution in [2.24, 2.45) is 0 Å². The smallest absolute Gasteiger partial charge is 0.259 e. The number of methoxy groups -OCH3 is 2. The van der Waals surface area contributed by atoms with Gasteiger partial charge < -0.3 is 28.0 Å². The average Bonchev–Trinajstić information content (AvgIpc) is 3.33. The Kier molecular flexibility index (Phi) is 13.0. The van der Waals surface area contributed by atoms with E-state index in [-0.39, 0.29) is 31.7 Å². The Bertz CT molecular complexity index is 1340. The molecule has 8 nitrogen and oxygen atoms in total. The van der Waals surface area contributed by atoms with Crippen molar-refractivity contribution in [1.82, 2.24) is 4.67 Å². The predicted molar refractivity (Wildman–Crippen MR) is 180 cm³/mol. The molecular formula is C35H45BFN2O6P.